The average Bonchev–Trinajstić information content (AvgIpc) is 2.38. The third-order valence-electron chi connectivity index (χ3n) is 3.45. The number of pyridine rings is 1. The number of likely N-dealkylation sites (tertiary alicyclic amines) is 1. The number of ketones is 1. The van der Waals surface area contributed by atoms with Crippen molar-refractivity contribution in [3.63, 3.8) is 0 Å². The maximum Gasteiger partial charge on any atom is 0.254 e. The fourth-order valence-electron chi connectivity index (χ4n) is 2.31. The summed E-state index contributed by atoms with van der Waals surface area (Å²) in [4.78, 5) is 29.8. The zero-order valence-electron chi connectivity index (χ0n) is 10.8. The molecule has 1 fully saturated rings. The molecule has 2 rings (SSSR count). The first kappa shape index (κ1) is 12.7. The van der Waals surface area contributed by atoms with Crippen molar-refractivity contribution < 1.29 is 9.59 Å². The molecular formula is C14H18N2O2. The second-order valence-electron chi connectivity index (χ2n) is 4.76. The highest BCUT2D eigenvalue weighted by Gasteiger charge is 2.28. The van der Waals surface area contributed by atoms with Gasteiger partial charge in [0.15, 0.2) is 0 Å². The van der Waals surface area contributed by atoms with E-state index >= 15 is 0 Å². The van der Waals surface area contributed by atoms with Crippen molar-refractivity contribution in [3.8, 4) is 0 Å². The van der Waals surface area contributed by atoms with Crippen molar-refractivity contribution in [2.75, 3.05) is 13.1 Å². The number of Topliss-reactive ketones (excluding diaryl/α,β-unsaturated/α-hetero) is 1. The summed E-state index contributed by atoms with van der Waals surface area (Å²) in [6.07, 6.45) is 2.93. The summed E-state index contributed by atoms with van der Waals surface area (Å²) in [7, 11) is 0. The van der Waals surface area contributed by atoms with Crippen molar-refractivity contribution in [2.45, 2.75) is 26.7 Å². The molecule has 0 spiro atoms. The van der Waals surface area contributed by atoms with Crippen LogP contribution in [0.1, 0.15) is 35.8 Å². The van der Waals surface area contributed by atoms with Gasteiger partial charge in [-0.05, 0) is 25.5 Å². The largest absolute Gasteiger partial charge is 0.337 e. The lowest BCUT2D eigenvalue weighted by molar-refractivity contribution is -0.125. The summed E-state index contributed by atoms with van der Waals surface area (Å²) in [6.45, 7) is 4.95. The normalized spacial score (nSPS) is 20.0. The van der Waals surface area contributed by atoms with E-state index in [9.17, 15) is 9.59 Å². The van der Waals surface area contributed by atoms with Gasteiger partial charge < -0.3 is 4.90 Å². The van der Waals surface area contributed by atoms with Crippen molar-refractivity contribution in [2.24, 2.45) is 5.92 Å². The summed E-state index contributed by atoms with van der Waals surface area (Å²) in [5, 5.41) is 0. The number of amides is 1. The Balaban J connectivity index is 2.12. The molecular weight excluding hydrogens is 228 g/mol. The highest BCUT2D eigenvalue weighted by Crippen LogP contribution is 2.18. The Kier molecular flexibility index (Phi) is 3.75. The van der Waals surface area contributed by atoms with Gasteiger partial charge in [0.25, 0.3) is 5.91 Å². The molecule has 1 amide bonds. The summed E-state index contributed by atoms with van der Waals surface area (Å²) >= 11 is 0. The molecule has 1 aliphatic rings. The number of rotatable bonds is 2. The molecule has 1 aromatic rings. The molecule has 1 aliphatic heterocycles. The van der Waals surface area contributed by atoms with Gasteiger partial charge in [-0.15, -0.1) is 0 Å². The number of nitrogens with zero attached hydrogens (tertiary/aromatic N) is 2. The first-order valence-electron chi connectivity index (χ1n) is 6.36. The fourth-order valence-corrected chi connectivity index (χ4v) is 2.31. The van der Waals surface area contributed by atoms with Crippen LogP contribution in [0.15, 0.2) is 18.3 Å². The van der Waals surface area contributed by atoms with Gasteiger partial charge in [-0.1, -0.05) is 6.92 Å². The van der Waals surface area contributed by atoms with Crippen LogP contribution in [0.4, 0.5) is 0 Å². The van der Waals surface area contributed by atoms with Crippen molar-refractivity contribution in [1.29, 1.82) is 0 Å². The molecule has 4 heteroatoms. The van der Waals surface area contributed by atoms with Gasteiger partial charge in [-0.25, -0.2) is 0 Å². The molecule has 1 aromatic heterocycles. The first-order chi connectivity index (χ1) is 8.61. The molecule has 96 valence electrons. The van der Waals surface area contributed by atoms with E-state index in [1.54, 1.807) is 23.2 Å². The Bertz CT molecular complexity index is 471. The molecule has 18 heavy (non-hydrogen) atoms. The highest BCUT2D eigenvalue weighted by molar-refractivity contribution is 5.95. The number of hydrogen-bond acceptors (Lipinski definition) is 3. The Morgan fingerprint density at radius 2 is 2.33 bits per heavy atom. The topological polar surface area (TPSA) is 50.3 Å². The van der Waals surface area contributed by atoms with Crippen LogP contribution in [0, 0.1) is 12.8 Å². The van der Waals surface area contributed by atoms with E-state index in [0.717, 1.165) is 12.1 Å². The average molecular weight is 246 g/mol. The van der Waals surface area contributed by atoms with Gasteiger partial charge in [0.1, 0.15) is 5.78 Å². The fraction of sp³-hybridized carbons (Fsp3) is 0.500. The zero-order valence-corrected chi connectivity index (χ0v) is 10.8. The minimum Gasteiger partial charge on any atom is -0.337 e. The van der Waals surface area contributed by atoms with Crippen LogP contribution >= 0.6 is 0 Å². The van der Waals surface area contributed by atoms with Gasteiger partial charge in [-0.3, -0.25) is 14.6 Å². The second-order valence-corrected chi connectivity index (χ2v) is 4.76. The smallest absolute Gasteiger partial charge is 0.254 e. The molecule has 2 heterocycles. The van der Waals surface area contributed by atoms with Crippen LogP contribution in [0.3, 0.4) is 0 Å². The predicted octanol–water partition coefficient (Wildman–Crippen LogP) is 1.83. The van der Waals surface area contributed by atoms with Crippen LogP contribution in [-0.4, -0.2) is 34.7 Å². The minimum absolute atomic E-state index is 0.00522. The summed E-state index contributed by atoms with van der Waals surface area (Å²) < 4.78 is 0. The molecule has 0 radical (unpaired) electrons. The standard InChI is InChI=1S/C14H18N2O2/c1-3-11-9-16(7-5-13(11)17)14(18)12-4-6-15-10(2)8-12/h4,6,8,11H,3,5,7,9H2,1-2H3. The number of carbonyl (C=O) groups excluding carboxylic acids is 2. The molecule has 1 atom stereocenters. The highest BCUT2D eigenvalue weighted by atomic mass is 16.2. The van der Waals surface area contributed by atoms with Crippen LogP contribution in [0.25, 0.3) is 0 Å². The summed E-state index contributed by atoms with van der Waals surface area (Å²) in [5.74, 6) is 0.296. The summed E-state index contributed by atoms with van der Waals surface area (Å²) in [5.41, 5.74) is 1.49. The SMILES string of the molecule is CCC1CN(C(=O)c2ccnc(C)c2)CCC1=O. The number of piperidine rings is 1. The van der Waals surface area contributed by atoms with Crippen LogP contribution in [0.5, 0.6) is 0 Å². The monoisotopic (exact) mass is 246 g/mol. The van der Waals surface area contributed by atoms with E-state index in [1.807, 2.05) is 13.8 Å². The molecule has 0 N–H and O–H groups in total. The molecule has 1 saturated heterocycles. The number of carbonyl (C=O) groups is 2. The van der Waals surface area contributed by atoms with Crippen molar-refractivity contribution in [3.05, 3.63) is 29.6 Å². The Morgan fingerprint density at radius 1 is 1.56 bits per heavy atom. The van der Waals surface area contributed by atoms with Crippen LogP contribution < -0.4 is 0 Å². The molecule has 0 aromatic carbocycles. The number of aryl methyl sites for hydroxylation is 1. The van der Waals surface area contributed by atoms with E-state index in [2.05, 4.69) is 4.98 Å². The van der Waals surface area contributed by atoms with E-state index in [-0.39, 0.29) is 17.6 Å². The summed E-state index contributed by atoms with van der Waals surface area (Å²) in [6, 6.07) is 3.52. The Hall–Kier alpha value is -1.71. The van der Waals surface area contributed by atoms with E-state index in [1.165, 1.54) is 0 Å². The van der Waals surface area contributed by atoms with E-state index < -0.39 is 0 Å². The van der Waals surface area contributed by atoms with Crippen molar-refractivity contribution >= 4 is 11.7 Å². The van der Waals surface area contributed by atoms with Gasteiger partial charge in [-0.2, -0.15) is 0 Å². The van der Waals surface area contributed by atoms with Crippen LogP contribution in [0.2, 0.25) is 0 Å². The molecule has 0 aliphatic carbocycles. The number of aromatic nitrogens is 1. The quantitative estimate of drug-likeness (QED) is 0.800. The second kappa shape index (κ2) is 5.29. The van der Waals surface area contributed by atoms with Gasteiger partial charge in [0.2, 0.25) is 0 Å². The lowest BCUT2D eigenvalue weighted by Crippen LogP contribution is -2.43. The molecule has 4 nitrogen and oxygen atoms in total. The van der Waals surface area contributed by atoms with E-state index in [0.29, 0.717) is 25.1 Å². The lowest BCUT2D eigenvalue weighted by atomic mass is 9.93. The van der Waals surface area contributed by atoms with Crippen LogP contribution in [-0.2, 0) is 4.79 Å². The van der Waals surface area contributed by atoms with Gasteiger partial charge in [0.05, 0.1) is 0 Å². The first-order valence-corrected chi connectivity index (χ1v) is 6.36. The zero-order chi connectivity index (χ0) is 13.1. The van der Waals surface area contributed by atoms with Crippen molar-refractivity contribution in [1.82, 2.24) is 9.88 Å². The molecule has 0 bridgehead atoms. The minimum atomic E-state index is 0.00522. The van der Waals surface area contributed by atoms with E-state index in [4.69, 9.17) is 0 Å². The third-order valence-corrected chi connectivity index (χ3v) is 3.45. The third kappa shape index (κ3) is 2.58. The number of hydrogen-bond donors (Lipinski definition) is 0. The maximum absolute atomic E-state index is 12.3. The lowest BCUT2D eigenvalue weighted by Gasteiger charge is -2.31. The maximum atomic E-state index is 12.3. The Labute approximate surface area is 107 Å². The van der Waals surface area contributed by atoms with Gasteiger partial charge in [0, 0.05) is 42.9 Å². The Morgan fingerprint density at radius 3 is 3.00 bits per heavy atom. The molecule has 0 saturated carbocycles. The van der Waals surface area contributed by atoms with Gasteiger partial charge >= 0.3 is 0 Å². The predicted molar refractivity (Wildman–Crippen MR) is 68.3 cm³/mol. The molecule has 1 unspecified atom stereocenters.